The first-order chi connectivity index (χ1) is 6.41. The van der Waals surface area contributed by atoms with Crippen molar-refractivity contribution < 1.29 is 4.79 Å². The second-order valence-electron chi connectivity index (χ2n) is 4.46. The van der Waals surface area contributed by atoms with Gasteiger partial charge >= 0.3 is 0 Å². The predicted octanol–water partition coefficient (Wildman–Crippen LogP) is 2.97. The fourth-order valence-corrected chi connectivity index (χ4v) is 1.76. The Morgan fingerprint density at radius 3 is 2.57 bits per heavy atom. The fourth-order valence-electron chi connectivity index (χ4n) is 1.02. The molecule has 1 N–H and O–H groups in total. The van der Waals surface area contributed by atoms with Gasteiger partial charge in [0.1, 0.15) is 0 Å². The second kappa shape index (κ2) is 4.13. The van der Waals surface area contributed by atoms with Crippen LogP contribution in [0.25, 0.3) is 0 Å². The summed E-state index contributed by atoms with van der Waals surface area (Å²) in [7, 11) is 0. The van der Waals surface area contributed by atoms with Gasteiger partial charge in [0, 0.05) is 10.3 Å². The molecule has 0 bridgehead atoms. The van der Waals surface area contributed by atoms with Crippen molar-refractivity contribution in [3.8, 4) is 0 Å². The first-order valence-corrected chi connectivity index (χ1v) is 5.63. The zero-order valence-corrected chi connectivity index (χ0v) is 9.94. The van der Waals surface area contributed by atoms with E-state index in [1.807, 2.05) is 45.2 Å². The van der Waals surface area contributed by atoms with E-state index in [2.05, 4.69) is 5.32 Å². The fraction of sp³-hybridized carbons (Fsp3) is 0.545. The van der Waals surface area contributed by atoms with Gasteiger partial charge in [0.2, 0.25) is 5.91 Å². The zero-order valence-electron chi connectivity index (χ0n) is 9.13. The van der Waals surface area contributed by atoms with Crippen LogP contribution in [0.5, 0.6) is 0 Å². The van der Waals surface area contributed by atoms with E-state index in [1.54, 1.807) is 11.3 Å². The van der Waals surface area contributed by atoms with Gasteiger partial charge in [-0.25, -0.2) is 0 Å². The van der Waals surface area contributed by atoms with Crippen molar-refractivity contribution in [2.45, 2.75) is 33.7 Å². The van der Waals surface area contributed by atoms with Crippen molar-refractivity contribution in [2.24, 2.45) is 5.41 Å². The Morgan fingerprint density at radius 2 is 2.14 bits per heavy atom. The van der Waals surface area contributed by atoms with Crippen molar-refractivity contribution in [3.63, 3.8) is 0 Å². The van der Waals surface area contributed by atoms with Crippen molar-refractivity contribution in [1.29, 1.82) is 0 Å². The van der Waals surface area contributed by atoms with E-state index in [1.165, 1.54) is 4.88 Å². The highest BCUT2D eigenvalue weighted by atomic mass is 32.1. The van der Waals surface area contributed by atoms with Gasteiger partial charge in [-0.15, -0.1) is 11.3 Å². The molecule has 2 nitrogen and oxygen atoms in total. The summed E-state index contributed by atoms with van der Waals surface area (Å²) in [5.74, 6) is 0.0957. The average Bonchev–Trinajstić information content (AvgIpc) is 2.53. The monoisotopic (exact) mass is 211 g/mol. The molecule has 0 aliphatic rings. The molecule has 0 saturated heterocycles. The summed E-state index contributed by atoms with van der Waals surface area (Å²) >= 11 is 1.67. The molecular weight excluding hydrogens is 194 g/mol. The summed E-state index contributed by atoms with van der Waals surface area (Å²) in [6, 6.07) is 4.15. The molecule has 3 heteroatoms. The standard InChI is InChI=1S/C11H17NOS/c1-8(9-6-5-7-14-9)12-10(13)11(2,3)4/h5-8H,1-4H3,(H,12,13)/t8-/m0/s1. The minimum Gasteiger partial charge on any atom is -0.348 e. The van der Waals surface area contributed by atoms with Crippen LogP contribution in [0.2, 0.25) is 0 Å². The molecule has 1 rings (SSSR count). The third-order valence-corrected chi connectivity index (χ3v) is 3.05. The summed E-state index contributed by atoms with van der Waals surface area (Å²) < 4.78 is 0. The van der Waals surface area contributed by atoms with E-state index < -0.39 is 0 Å². The number of hydrogen-bond acceptors (Lipinski definition) is 2. The molecule has 1 amide bonds. The topological polar surface area (TPSA) is 29.1 Å². The Kier molecular flexibility index (Phi) is 3.32. The van der Waals surface area contributed by atoms with Gasteiger partial charge in [-0.3, -0.25) is 4.79 Å². The second-order valence-corrected chi connectivity index (χ2v) is 5.44. The highest BCUT2D eigenvalue weighted by Crippen LogP contribution is 2.20. The third kappa shape index (κ3) is 2.84. The SMILES string of the molecule is C[C@H](NC(=O)C(C)(C)C)c1cccs1. The number of amides is 1. The zero-order chi connectivity index (χ0) is 10.8. The molecule has 1 heterocycles. The quantitative estimate of drug-likeness (QED) is 0.800. The van der Waals surface area contributed by atoms with E-state index >= 15 is 0 Å². The smallest absolute Gasteiger partial charge is 0.225 e. The van der Waals surface area contributed by atoms with Crippen molar-refractivity contribution >= 4 is 17.2 Å². The molecule has 0 aliphatic heterocycles. The van der Waals surface area contributed by atoms with Crippen LogP contribution in [-0.4, -0.2) is 5.91 Å². The van der Waals surface area contributed by atoms with Gasteiger partial charge in [-0.2, -0.15) is 0 Å². The van der Waals surface area contributed by atoms with E-state index in [4.69, 9.17) is 0 Å². The predicted molar refractivity (Wildman–Crippen MR) is 60.3 cm³/mol. The van der Waals surface area contributed by atoms with E-state index in [0.29, 0.717) is 0 Å². The number of rotatable bonds is 2. The minimum atomic E-state index is -0.314. The Balaban J connectivity index is 2.58. The normalized spacial score (nSPS) is 13.7. The van der Waals surface area contributed by atoms with Crippen LogP contribution >= 0.6 is 11.3 Å². The summed E-state index contributed by atoms with van der Waals surface area (Å²) in [5, 5.41) is 5.02. The molecule has 0 spiro atoms. The third-order valence-electron chi connectivity index (χ3n) is 2.00. The average molecular weight is 211 g/mol. The maximum absolute atomic E-state index is 11.7. The summed E-state index contributed by atoms with van der Waals surface area (Å²) in [6.07, 6.45) is 0. The van der Waals surface area contributed by atoms with Crippen molar-refractivity contribution in [3.05, 3.63) is 22.4 Å². The van der Waals surface area contributed by atoms with Gasteiger partial charge in [0.05, 0.1) is 6.04 Å². The lowest BCUT2D eigenvalue weighted by Crippen LogP contribution is -2.36. The Labute approximate surface area is 89.3 Å². The van der Waals surface area contributed by atoms with Gasteiger partial charge < -0.3 is 5.32 Å². The highest BCUT2D eigenvalue weighted by molar-refractivity contribution is 7.10. The summed E-state index contributed by atoms with van der Waals surface area (Å²) in [5.41, 5.74) is -0.314. The van der Waals surface area contributed by atoms with Crippen LogP contribution in [0.4, 0.5) is 0 Å². The Bertz CT molecular complexity index is 298. The van der Waals surface area contributed by atoms with Crippen LogP contribution in [0.1, 0.15) is 38.6 Å². The molecule has 0 aliphatic carbocycles. The number of thiophene rings is 1. The number of carbonyl (C=O) groups is 1. The van der Waals surface area contributed by atoms with Crippen molar-refractivity contribution in [2.75, 3.05) is 0 Å². The number of nitrogens with one attached hydrogen (secondary N) is 1. The first-order valence-electron chi connectivity index (χ1n) is 4.75. The first kappa shape index (κ1) is 11.2. The van der Waals surface area contributed by atoms with Gasteiger partial charge in [-0.1, -0.05) is 26.8 Å². The van der Waals surface area contributed by atoms with Crippen LogP contribution in [-0.2, 0) is 4.79 Å². The molecule has 0 unspecified atom stereocenters. The molecule has 0 fully saturated rings. The van der Waals surface area contributed by atoms with E-state index in [-0.39, 0.29) is 17.4 Å². The van der Waals surface area contributed by atoms with Crippen LogP contribution < -0.4 is 5.32 Å². The number of carbonyl (C=O) groups excluding carboxylic acids is 1. The highest BCUT2D eigenvalue weighted by Gasteiger charge is 2.23. The minimum absolute atomic E-state index is 0.0957. The maximum atomic E-state index is 11.7. The van der Waals surface area contributed by atoms with Crippen molar-refractivity contribution in [1.82, 2.24) is 5.32 Å². The molecule has 78 valence electrons. The van der Waals surface area contributed by atoms with E-state index in [0.717, 1.165) is 0 Å². The molecule has 1 atom stereocenters. The lowest BCUT2D eigenvalue weighted by molar-refractivity contribution is -0.129. The van der Waals surface area contributed by atoms with Crippen LogP contribution in [0.15, 0.2) is 17.5 Å². The summed E-state index contributed by atoms with van der Waals surface area (Å²) in [6.45, 7) is 7.77. The number of hydrogen-bond donors (Lipinski definition) is 1. The largest absolute Gasteiger partial charge is 0.348 e. The summed E-state index contributed by atoms with van der Waals surface area (Å²) in [4.78, 5) is 12.9. The Morgan fingerprint density at radius 1 is 1.50 bits per heavy atom. The molecular formula is C11H17NOS. The van der Waals surface area contributed by atoms with E-state index in [9.17, 15) is 4.79 Å². The van der Waals surface area contributed by atoms with Crippen LogP contribution in [0, 0.1) is 5.41 Å². The van der Waals surface area contributed by atoms with Crippen LogP contribution in [0.3, 0.4) is 0 Å². The van der Waals surface area contributed by atoms with Gasteiger partial charge in [-0.05, 0) is 18.4 Å². The molecule has 1 aromatic rings. The molecule has 0 saturated carbocycles. The molecule has 0 aromatic carbocycles. The molecule has 0 radical (unpaired) electrons. The lowest BCUT2D eigenvalue weighted by Gasteiger charge is -2.21. The molecule has 1 aromatic heterocycles. The Hall–Kier alpha value is -0.830. The maximum Gasteiger partial charge on any atom is 0.225 e. The van der Waals surface area contributed by atoms with Gasteiger partial charge in [0.15, 0.2) is 0 Å². The lowest BCUT2D eigenvalue weighted by atomic mass is 9.95. The molecule has 14 heavy (non-hydrogen) atoms. The van der Waals surface area contributed by atoms with Gasteiger partial charge in [0.25, 0.3) is 0 Å².